The van der Waals surface area contributed by atoms with Crippen LogP contribution in [-0.2, 0) is 6.42 Å². The van der Waals surface area contributed by atoms with E-state index < -0.39 is 0 Å². The molecule has 1 aromatic heterocycles. The van der Waals surface area contributed by atoms with Gasteiger partial charge in [0.05, 0.1) is 12.3 Å². The maximum atomic E-state index is 11.5. The number of fused-ring (bicyclic) bond motifs is 1. The van der Waals surface area contributed by atoms with E-state index in [9.17, 15) is 4.79 Å². The van der Waals surface area contributed by atoms with Crippen LogP contribution >= 0.6 is 0 Å². The van der Waals surface area contributed by atoms with Crippen molar-refractivity contribution in [2.75, 3.05) is 6.61 Å². The lowest BCUT2D eigenvalue weighted by atomic mass is 10.0. The number of benzene rings is 1. The third-order valence-electron chi connectivity index (χ3n) is 3.49. The number of H-pyrrole nitrogens is 1. The van der Waals surface area contributed by atoms with Crippen molar-refractivity contribution in [3.05, 3.63) is 45.2 Å². The zero-order chi connectivity index (χ0) is 12.7. The Labute approximate surface area is 105 Å². The van der Waals surface area contributed by atoms with Gasteiger partial charge in [-0.25, -0.2) is 5.10 Å². The van der Waals surface area contributed by atoms with Gasteiger partial charge in [0.15, 0.2) is 0 Å². The SMILES string of the molecule is Cc1c(-c2ccc3c(c2)CCO3)n[nH]c(=O)c1C. The Morgan fingerprint density at radius 2 is 2.11 bits per heavy atom. The van der Waals surface area contributed by atoms with Crippen molar-refractivity contribution in [2.24, 2.45) is 0 Å². The molecule has 3 rings (SSSR count). The standard InChI is InChI=1S/C14H14N2O2/c1-8-9(2)14(17)16-15-13(8)11-3-4-12-10(7-11)5-6-18-12/h3-4,7H,5-6H2,1-2H3,(H,16,17). The Kier molecular flexibility index (Phi) is 2.44. The highest BCUT2D eigenvalue weighted by Gasteiger charge is 2.15. The molecule has 1 aliphatic rings. The number of rotatable bonds is 1. The molecular weight excluding hydrogens is 228 g/mol. The second kappa shape index (κ2) is 3.98. The van der Waals surface area contributed by atoms with Crippen LogP contribution in [0.2, 0.25) is 0 Å². The largest absolute Gasteiger partial charge is 0.493 e. The Hall–Kier alpha value is -2.10. The van der Waals surface area contributed by atoms with E-state index in [1.54, 1.807) is 0 Å². The minimum Gasteiger partial charge on any atom is -0.493 e. The average molecular weight is 242 g/mol. The van der Waals surface area contributed by atoms with Crippen LogP contribution in [-0.4, -0.2) is 16.8 Å². The van der Waals surface area contributed by atoms with Gasteiger partial charge in [0.2, 0.25) is 0 Å². The first kappa shape index (κ1) is 11.0. The van der Waals surface area contributed by atoms with Gasteiger partial charge < -0.3 is 4.74 Å². The van der Waals surface area contributed by atoms with Crippen LogP contribution in [0.1, 0.15) is 16.7 Å². The molecule has 0 unspecified atom stereocenters. The van der Waals surface area contributed by atoms with E-state index in [0.29, 0.717) is 0 Å². The lowest BCUT2D eigenvalue weighted by molar-refractivity contribution is 0.357. The van der Waals surface area contributed by atoms with E-state index in [2.05, 4.69) is 16.3 Å². The number of nitrogens with one attached hydrogen (secondary N) is 1. The fourth-order valence-electron chi connectivity index (χ4n) is 2.24. The van der Waals surface area contributed by atoms with Crippen molar-refractivity contribution < 1.29 is 4.74 Å². The number of hydrogen-bond donors (Lipinski definition) is 1. The molecule has 18 heavy (non-hydrogen) atoms. The normalized spacial score (nSPS) is 13.2. The predicted octanol–water partition coefficient (Wildman–Crippen LogP) is 1.99. The second-order valence-corrected chi connectivity index (χ2v) is 4.57. The molecule has 0 saturated carbocycles. The number of aromatic amines is 1. The zero-order valence-corrected chi connectivity index (χ0v) is 10.4. The summed E-state index contributed by atoms with van der Waals surface area (Å²) in [5.41, 5.74) is 4.59. The highest BCUT2D eigenvalue weighted by molar-refractivity contribution is 5.66. The van der Waals surface area contributed by atoms with Crippen LogP contribution in [0.4, 0.5) is 0 Å². The fourth-order valence-corrected chi connectivity index (χ4v) is 2.24. The molecule has 2 heterocycles. The highest BCUT2D eigenvalue weighted by Crippen LogP contribution is 2.30. The van der Waals surface area contributed by atoms with Gasteiger partial charge >= 0.3 is 0 Å². The molecular formula is C14H14N2O2. The maximum absolute atomic E-state index is 11.5. The quantitative estimate of drug-likeness (QED) is 0.832. The molecule has 1 N–H and O–H groups in total. The minimum absolute atomic E-state index is 0.124. The highest BCUT2D eigenvalue weighted by atomic mass is 16.5. The molecule has 92 valence electrons. The van der Waals surface area contributed by atoms with Gasteiger partial charge in [-0.1, -0.05) is 0 Å². The third kappa shape index (κ3) is 1.61. The average Bonchev–Trinajstić information content (AvgIpc) is 2.83. The zero-order valence-electron chi connectivity index (χ0n) is 10.4. The molecule has 0 atom stereocenters. The summed E-state index contributed by atoms with van der Waals surface area (Å²) >= 11 is 0. The lowest BCUT2D eigenvalue weighted by Gasteiger charge is -2.08. The van der Waals surface area contributed by atoms with E-state index >= 15 is 0 Å². The van der Waals surface area contributed by atoms with Crippen LogP contribution in [0, 0.1) is 13.8 Å². The first-order valence-electron chi connectivity index (χ1n) is 5.99. The van der Waals surface area contributed by atoms with Crippen LogP contribution in [0.5, 0.6) is 5.75 Å². The van der Waals surface area contributed by atoms with Crippen molar-refractivity contribution >= 4 is 0 Å². The molecule has 4 nitrogen and oxygen atoms in total. The molecule has 0 aliphatic carbocycles. The molecule has 0 fully saturated rings. The third-order valence-corrected chi connectivity index (χ3v) is 3.49. The Morgan fingerprint density at radius 3 is 2.94 bits per heavy atom. The Morgan fingerprint density at radius 1 is 1.28 bits per heavy atom. The molecule has 0 bridgehead atoms. The molecule has 2 aromatic rings. The minimum atomic E-state index is -0.124. The topological polar surface area (TPSA) is 55.0 Å². The molecule has 0 spiro atoms. The summed E-state index contributed by atoms with van der Waals surface area (Å²) in [6, 6.07) is 6.05. The number of aromatic nitrogens is 2. The van der Waals surface area contributed by atoms with E-state index in [1.807, 2.05) is 26.0 Å². The van der Waals surface area contributed by atoms with Gasteiger partial charge in [-0.3, -0.25) is 4.79 Å². The first-order chi connectivity index (χ1) is 8.66. The molecule has 4 heteroatoms. The van der Waals surface area contributed by atoms with E-state index in [4.69, 9.17) is 4.74 Å². The van der Waals surface area contributed by atoms with Gasteiger partial charge in [0, 0.05) is 17.5 Å². The molecule has 0 saturated heterocycles. The number of ether oxygens (including phenoxy) is 1. The molecule has 0 radical (unpaired) electrons. The Bertz CT molecular complexity index is 674. The van der Waals surface area contributed by atoms with Crippen LogP contribution < -0.4 is 10.3 Å². The van der Waals surface area contributed by atoms with Crippen molar-refractivity contribution in [3.8, 4) is 17.0 Å². The van der Waals surface area contributed by atoms with E-state index in [1.165, 1.54) is 5.56 Å². The van der Waals surface area contributed by atoms with Crippen LogP contribution in [0.3, 0.4) is 0 Å². The van der Waals surface area contributed by atoms with Crippen LogP contribution in [0.15, 0.2) is 23.0 Å². The monoisotopic (exact) mass is 242 g/mol. The summed E-state index contributed by atoms with van der Waals surface area (Å²) in [6.45, 7) is 4.49. The maximum Gasteiger partial charge on any atom is 0.267 e. The second-order valence-electron chi connectivity index (χ2n) is 4.57. The molecule has 1 aliphatic heterocycles. The van der Waals surface area contributed by atoms with Crippen molar-refractivity contribution in [3.63, 3.8) is 0 Å². The number of hydrogen-bond acceptors (Lipinski definition) is 3. The summed E-state index contributed by atoms with van der Waals surface area (Å²) < 4.78 is 5.48. The van der Waals surface area contributed by atoms with Crippen molar-refractivity contribution in [1.82, 2.24) is 10.2 Å². The molecule has 0 amide bonds. The van der Waals surface area contributed by atoms with Crippen molar-refractivity contribution in [2.45, 2.75) is 20.3 Å². The first-order valence-corrected chi connectivity index (χ1v) is 5.99. The fraction of sp³-hybridized carbons (Fsp3) is 0.286. The summed E-state index contributed by atoms with van der Waals surface area (Å²) in [7, 11) is 0. The summed E-state index contributed by atoms with van der Waals surface area (Å²) in [5.74, 6) is 0.956. The van der Waals surface area contributed by atoms with Gasteiger partial charge in [-0.2, -0.15) is 5.10 Å². The van der Waals surface area contributed by atoms with Crippen LogP contribution in [0.25, 0.3) is 11.3 Å². The lowest BCUT2D eigenvalue weighted by Crippen LogP contribution is -2.14. The molecule has 1 aromatic carbocycles. The summed E-state index contributed by atoms with van der Waals surface area (Å²) in [6.07, 6.45) is 0.935. The van der Waals surface area contributed by atoms with E-state index in [0.717, 1.165) is 41.2 Å². The predicted molar refractivity (Wildman–Crippen MR) is 69.0 cm³/mol. The van der Waals surface area contributed by atoms with Gasteiger partial charge in [0.25, 0.3) is 5.56 Å². The van der Waals surface area contributed by atoms with Crippen molar-refractivity contribution in [1.29, 1.82) is 0 Å². The number of nitrogens with zero attached hydrogens (tertiary/aromatic N) is 1. The van der Waals surface area contributed by atoms with Gasteiger partial charge in [-0.05, 0) is 43.2 Å². The van der Waals surface area contributed by atoms with Gasteiger partial charge in [-0.15, -0.1) is 0 Å². The van der Waals surface area contributed by atoms with E-state index in [-0.39, 0.29) is 5.56 Å². The summed E-state index contributed by atoms with van der Waals surface area (Å²) in [4.78, 5) is 11.5. The Balaban J connectivity index is 2.16. The van der Waals surface area contributed by atoms with Gasteiger partial charge in [0.1, 0.15) is 5.75 Å². The smallest absolute Gasteiger partial charge is 0.267 e. The summed E-state index contributed by atoms with van der Waals surface area (Å²) in [5, 5.41) is 6.69.